The van der Waals surface area contributed by atoms with Crippen LogP contribution in [0.3, 0.4) is 0 Å². The predicted octanol–water partition coefficient (Wildman–Crippen LogP) is 6.33. The zero-order valence-electron chi connectivity index (χ0n) is 21.9. The van der Waals surface area contributed by atoms with Gasteiger partial charge in [-0.25, -0.2) is 18.0 Å². The van der Waals surface area contributed by atoms with Crippen LogP contribution in [0.15, 0.2) is 89.1 Å². The van der Waals surface area contributed by atoms with Gasteiger partial charge in [-0.3, -0.25) is 8.77 Å². The number of benzene rings is 3. The second-order valence-electron chi connectivity index (χ2n) is 9.44. The number of halogens is 2. The van der Waals surface area contributed by atoms with E-state index in [1.165, 1.54) is 14.6 Å². The third kappa shape index (κ3) is 4.21. The highest BCUT2D eigenvalue weighted by molar-refractivity contribution is 7.83. The molecule has 6 rings (SSSR count). The lowest BCUT2D eigenvalue weighted by Gasteiger charge is -2.16. The summed E-state index contributed by atoms with van der Waals surface area (Å²) in [6.07, 6.45) is 4.96. The van der Waals surface area contributed by atoms with Crippen molar-refractivity contribution in [1.82, 2.24) is 18.1 Å². The van der Waals surface area contributed by atoms with Crippen molar-refractivity contribution in [2.24, 2.45) is 7.05 Å². The van der Waals surface area contributed by atoms with Crippen LogP contribution in [0.4, 0.5) is 8.78 Å². The molecule has 3 heterocycles. The molecule has 0 N–H and O–H groups in total. The first kappa shape index (κ1) is 25.7. The molecule has 1 unspecified atom stereocenters. The maximum absolute atomic E-state index is 14.7. The van der Waals surface area contributed by atoms with E-state index in [4.69, 9.17) is 4.74 Å². The number of hydrogen-bond donors (Lipinski definition) is 0. The molecule has 0 amide bonds. The predicted molar refractivity (Wildman–Crippen MR) is 151 cm³/mol. The summed E-state index contributed by atoms with van der Waals surface area (Å²) < 4.78 is 52.8. The highest BCUT2D eigenvalue weighted by Crippen LogP contribution is 2.42. The van der Waals surface area contributed by atoms with Crippen molar-refractivity contribution < 1.29 is 17.7 Å². The van der Waals surface area contributed by atoms with Crippen molar-refractivity contribution in [2.45, 2.75) is 25.3 Å². The molecule has 3 aromatic heterocycles. The molecule has 7 nitrogen and oxygen atoms in total. The van der Waals surface area contributed by atoms with E-state index >= 15 is 0 Å². The molecule has 202 valence electrons. The molecule has 40 heavy (non-hydrogen) atoms. The minimum atomic E-state index is -1.67. The molecule has 0 fully saturated rings. The fraction of sp³-hybridized carbons (Fsp3) is 0.133. The normalized spacial score (nSPS) is 12.3. The number of rotatable bonds is 6. The Morgan fingerprint density at radius 3 is 2.50 bits per heavy atom. The molecule has 0 spiro atoms. The van der Waals surface area contributed by atoms with Gasteiger partial charge in [0, 0.05) is 48.6 Å². The van der Waals surface area contributed by atoms with Crippen molar-refractivity contribution in [3.05, 3.63) is 107 Å². The molecule has 0 saturated heterocycles. The Kier molecular flexibility index (Phi) is 6.34. The quantitative estimate of drug-likeness (QED) is 0.240. The molecule has 1 atom stereocenters. The van der Waals surface area contributed by atoms with Crippen LogP contribution in [0.1, 0.15) is 12.5 Å². The van der Waals surface area contributed by atoms with E-state index in [9.17, 15) is 17.8 Å². The Bertz CT molecular complexity index is 2010. The number of aromatic nitrogens is 4. The first-order chi connectivity index (χ1) is 19.3. The molecule has 0 saturated carbocycles. The summed E-state index contributed by atoms with van der Waals surface area (Å²) in [5.41, 5.74) is 3.36. The van der Waals surface area contributed by atoms with E-state index in [1.807, 2.05) is 45.2 Å². The zero-order valence-corrected chi connectivity index (χ0v) is 22.7. The van der Waals surface area contributed by atoms with Gasteiger partial charge in [0.2, 0.25) is 0 Å². The van der Waals surface area contributed by atoms with Crippen LogP contribution in [0, 0.1) is 18.6 Å². The number of ether oxygens (including phenoxy) is 1. The monoisotopic (exact) mass is 558 g/mol. The van der Waals surface area contributed by atoms with Crippen molar-refractivity contribution in [2.75, 3.05) is 0 Å². The molecule has 0 aliphatic rings. The molecule has 0 radical (unpaired) electrons. The molecule has 0 aliphatic heterocycles. The molecular formula is C30H24F2N4O3S. The molecule has 0 bridgehead atoms. The second kappa shape index (κ2) is 9.87. The zero-order chi connectivity index (χ0) is 28.1. The number of pyridine rings is 1. The maximum atomic E-state index is 14.7. The van der Waals surface area contributed by atoms with Crippen LogP contribution in [0.25, 0.3) is 33.1 Å². The highest BCUT2D eigenvalue weighted by atomic mass is 32.2. The molecule has 3 aromatic carbocycles. The van der Waals surface area contributed by atoms with E-state index in [1.54, 1.807) is 41.5 Å². The summed E-state index contributed by atoms with van der Waals surface area (Å²) >= 11 is 0. The minimum Gasteiger partial charge on any atom is -0.451 e. The van der Waals surface area contributed by atoms with Crippen molar-refractivity contribution in [3.63, 3.8) is 0 Å². The molecule has 6 aromatic rings. The van der Waals surface area contributed by atoms with Gasteiger partial charge in [0.25, 0.3) is 5.56 Å². The summed E-state index contributed by atoms with van der Waals surface area (Å²) in [5.74, 6) is -1.50. The van der Waals surface area contributed by atoms with Crippen LogP contribution in [0.5, 0.6) is 11.5 Å². The van der Waals surface area contributed by atoms with Gasteiger partial charge in [-0.15, -0.1) is 0 Å². The number of aryl methyl sites for hydroxylation is 3. The minimum absolute atomic E-state index is 0.168. The van der Waals surface area contributed by atoms with Gasteiger partial charge in [-0.1, -0.05) is 17.7 Å². The van der Waals surface area contributed by atoms with Crippen LogP contribution in [0.2, 0.25) is 0 Å². The number of nitrogens with zero attached hydrogens (tertiary/aromatic N) is 4. The Morgan fingerprint density at radius 2 is 1.77 bits per heavy atom. The Balaban J connectivity index is 1.61. The molecule has 0 aliphatic carbocycles. The highest BCUT2D eigenvalue weighted by Gasteiger charge is 2.23. The number of imidazole rings is 1. The van der Waals surface area contributed by atoms with Crippen LogP contribution < -0.4 is 10.3 Å². The van der Waals surface area contributed by atoms with Crippen molar-refractivity contribution in [3.8, 4) is 22.6 Å². The first-order valence-corrected chi connectivity index (χ1v) is 13.7. The van der Waals surface area contributed by atoms with Crippen molar-refractivity contribution >= 4 is 32.9 Å². The van der Waals surface area contributed by atoms with E-state index in [-0.39, 0.29) is 22.6 Å². The Hall–Kier alpha value is -4.57. The van der Waals surface area contributed by atoms with Crippen LogP contribution in [-0.4, -0.2) is 22.3 Å². The van der Waals surface area contributed by atoms with Crippen LogP contribution >= 0.6 is 0 Å². The van der Waals surface area contributed by atoms with Gasteiger partial charge in [-0.2, -0.15) is 0 Å². The third-order valence-corrected chi connectivity index (χ3v) is 8.22. The first-order valence-electron chi connectivity index (χ1n) is 12.6. The average Bonchev–Trinajstić information content (AvgIpc) is 3.56. The van der Waals surface area contributed by atoms with Gasteiger partial charge >= 0.3 is 0 Å². The fourth-order valence-corrected chi connectivity index (χ4v) is 5.89. The Labute approximate surface area is 230 Å². The summed E-state index contributed by atoms with van der Waals surface area (Å²) in [7, 11) is 0.153. The van der Waals surface area contributed by atoms with Gasteiger partial charge < -0.3 is 13.9 Å². The van der Waals surface area contributed by atoms with Gasteiger partial charge in [0.05, 0.1) is 16.7 Å². The SMILES string of the molecule is CCn1cc(-c2ccc3c(ncn3C)c2Oc2ccc(F)cc2F)c2ccn(S(=O)c3ccc(C)cc3)c2c1=O. The maximum Gasteiger partial charge on any atom is 0.276 e. The summed E-state index contributed by atoms with van der Waals surface area (Å²) in [4.78, 5) is 18.6. The standard InChI is InChI=1S/C30H24F2N4O3S/c1-4-35-16-23(21-13-14-36(28(21)30(35)37)40(38)20-8-5-18(2)6-9-20)22-10-11-25-27(33-17-34(25)3)29(22)39-26-12-7-19(31)15-24(26)32/h5-17H,4H2,1-3H3. The summed E-state index contributed by atoms with van der Waals surface area (Å²) in [5, 5.41) is 0.551. The largest absolute Gasteiger partial charge is 0.451 e. The van der Waals surface area contributed by atoms with Crippen molar-refractivity contribution in [1.29, 1.82) is 0 Å². The van der Waals surface area contributed by atoms with Crippen LogP contribution in [-0.2, 0) is 24.6 Å². The lowest BCUT2D eigenvalue weighted by atomic mass is 10.0. The second-order valence-corrected chi connectivity index (χ2v) is 10.8. The topological polar surface area (TPSA) is 71.0 Å². The average molecular weight is 559 g/mol. The molecular weight excluding hydrogens is 534 g/mol. The van der Waals surface area contributed by atoms with E-state index in [0.29, 0.717) is 33.5 Å². The fourth-order valence-electron chi connectivity index (χ4n) is 4.78. The summed E-state index contributed by atoms with van der Waals surface area (Å²) in [6.45, 7) is 4.15. The lowest BCUT2D eigenvalue weighted by Crippen LogP contribution is -2.22. The third-order valence-electron chi connectivity index (χ3n) is 6.88. The van der Waals surface area contributed by atoms with E-state index in [2.05, 4.69) is 4.98 Å². The van der Waals surface area contributed by atoms with Gasteiger partial charge in [0.1, 0.15) is 16.9 Å². The molecule has 10 heteroatoms. The smallest absolute Gasteiger partial charge is 0.276 e. The van der Waals surface area contributed by atoms with E-state index in [0.717, 1.165) is 23.2 Å². The number of fused-ring (bicyclic) bond motifs is 2. The van der Waals surface area contributed by atoms with Gasteiger partial charge in [0.15, 0.2) is 28.3 Å². The van der Waals surface area contributed by atoms with Gasteiger partial charge in [-0.05, 0) is 56.3 Å². The Morgan fingerprint density at radius 1 is 1.00 bits per heavy atom. The number of hydrogen-bond acceptors (Lipinski definition) is 4. The summed E-state index contributed by atoms with van der Waals surface area (Å²) in [6, 6.07) is 15.8. The van der Waals surface area contributed by atoms with E-state index < -0.39 is 22.6 Å². The lowest BCUT2D eigenvalue weighted by molar-refractivity contribution is 0.442.